The number of imidazole rings is 1. The van der Waals surface area contributed by atoms with Crippen molar-refractivity contribution in [3.05, 3.63) is 47.3 Å². The lowest BCUT2D eigenvalue weighted by molar-refractivity contribution is -0.136. The fraction of sp³-hybridized carbons (Fsp3) is 0.600. The van der Waals surface area contributed by atoms with Gasteiger partial charge in [0.25, 0.3) is 0 Å². The molecule has 1 aliphatic rings. The molecule has 1 saturated heterocycles. The number of ether oxygens (including phenoxy) is 1. The zero-order valence-electron chi connectivity index (χ0n) is 20.5. The number of carbonyl (C=O) groups excluding carboxylic acids is 1. The molecule has 1 aromatic heterocycles. The van der Waals surface area contributed by atoms with Crippen LogP contribution in [-0.2, 0) is 38.2 Å². The van der Waals surface area contributed by atoms with Crippen LogP contribution in [0.4, 0.5) is 0 Å². The van der Waals surface area contributed by atoms with E-state index in [4.69, 9.17) is 4.74 Å². The molecule has 2 aromatic rings. The van der Waals surface area contributed by atoms with Gasteiger partial charge in [0.15, 0.2) is 0 Å². The molecule has 0 spiro atoms. The summed E-state index contributed by atoms with van der Waals surface area (Å²) in [5, 5.41) is 0.0711. The van der Waals surface area contributed by atoms with Gasteiger partial charge in [-0.3, -0.25) is 4.79 Å². The minimum Gasteiger partial charge on any atom is -0.376 e. The van der Waals surface area contributed by atoms with E-state index in [1.54, 1.807) is 15.7 Å². The number of nitrogens with zero attached hydrogens (tertiary/aromatic N) is 3. The van der Waals surface area contributed by atoms with E-state index < -0.39 is 9.84 Å². The Morgan fingerprint density at radius 1 is 1.27 bits per heavy atom. The van der Waals surface area contributed by atoms with Crippen LogP contribution in [-0.4, -0.2) is 48.0 Å². The molecule has 1 fully saturated rings. The highest BCUT2D eigenvalue weighted by atomic mass is 32.2. The van der Waals surface area contributed by atoms with Crippen molar-refractivity contribution in [2.45, 2.75) is 77.6 Å². The SMILES string of the molecule is Cc1cccc(CS(=O)(=O)c2ncc(CN(CC3CCCO3)C(=O)C(C)C)n2CC(C)C)c1. The molecule has 1 atom stereocenters. The van der Waals surface area contributed by atoms with Gasteiger partial charge in [-0.05, 0) is 31.2 Å². The van der Waals surface area contributed by atoms with Crippen molar-refractivity contribution in [2.75, 3.05) is 13.2 Å². The molecule has 8 heteroatoms. The second kappa shape index (κ2) is 10.8. The quantitative estimate of drug-likeness (QED) is 0.519. The Kier molecular flexibility index (Phi) is 8.34. The molecule has 2 heterocycles. The van der Waals surface area contributed by atoms with Gasteiger partial charge in [-0.15, -0.1) is 0 Å². The van der Waals surface area contributed by atoms with Crippen LogP contribution in [0.3, 0.4) is 0 Å². The van der Waals surface area contributed by atoms with Crippen LogP contribution in [0.5, 0.6) is 0 Å². The first-order valence-corrected chi connectivity index (χ1v) is 13.4. The Morgan fingerprint density at radius 3 is 2.64 bits per heavy atom. The fourth-order valence-electron chi connectivity index (χ4n) is 4.24. The summed E-state index contributed by atoms with van der Waals surface area (Å²) >= 11 is 0. The summed E-state index contributed by atoms with van der Waals surface area (Å²) in [4.78, 5) is 19.1. The Bertz CT molecular complexity index is 1050. The van der Waals surface area contributed by atoms with Crippen molar-refractivity contribution in [1.82, 2.24) is 14.5 Å². The van der Waals surface area contributed by atoms with Crippen LogP contribution in [0.2, 0.25) is 0 Å². The van der Waals surface area contributed by atoms with E-state index in [0.29, 0.717) is 19.6 Å². The van der Waals surface area contributed by atoms with E-state index in [9.17, 15) is 13.2 Å². The molecule has 0 N–H and O–H groups in total. The molecule has 0 radical (unpaired) electrons. The lowest BCUT2D eigenvalue weighted by Crippen LogP contribution is -2.39. The Balaban J connectivity index is 1.92. The number of rotatable bonds is 10. The maximum Gasteiger partial charge on any atom is 0.228 e. The largest absolute Gasteiger partial charge is 0.376 e. The van der Waals surface area contributed by atoms with Gasteiger partial charge in [0, 0.05) is 25.6 Å². The van der Waals surface area contributed by atoms with Crippen LogP contribution in [0.15, 0.2) is 35.6 Å². The lowest BCUT2D eigenvalue weighted by Gasteiger charge is -2.28. The molecule has 1 unspecified atom stereocenters. The van der Waals surface area contributed by atoms with Crippen molar-refractivity contribution in [3.8, 4) is 0 Å². The number of sulfone groups is 1. The summed E-state index contributed by atoms with van der Waals surface area (Å²) in [5.41, 5.74) is 2.50. The third-order valence-electron chi connectivity index (χ3n) is 5.77. The monoisotopic (exact) mass is 475 g/mol. The number of benzene rings is 1. The highest BCUT2D eigenvalue weighted by Gasteiger charge is 2.28. The predicted molar refractivity (Wildman–Crippen MR) is 128 cm³/mol. The van der Waals surface area contributed by atoms with Gasteiger partial charge in [-0.1, -0.05) is 57.5 Å². The lowest BCUT2D eigenvalue weighted by atomic mass is 10.1. The average molecular weight is 476 g/mol. The van der Waals surface area contributed by atoms with E-state index in [2.05, 4.69) is 4.98 Å². The standard InChI is InChI=1S/C25H37N3O4S/c1-18(2)14-28-22(15-27(24(29)19(3)4)16-23-10-7-11-32-23)13-26-25(28)33(30,31)17-21-9-6-8-20(5)12-21/h6,8-9,12-13,18-19,23H,7,10-11,14-17H2,1-5H3. The average Bonchev–Trinajstić information content (AvgIpc) is 3.37. The van der Waals surface area contributed by atoms with Gasteiger partial charge in [0.05, 0.1) is 30.3 Å². The van der Waals surface area contributed by atoms with Crippen LogP contribution in [0.25, 0.3) is 0 Å². The molecular formula is C25H37N3O4S. The minimum atomic E-state index is -3.66. The second-order valence-electron chi connectivity index (χ2n) is 9.79. The first kappa shape index (κ1) is 25.4. The molecule has 3 rings (SSSR count). The van der Waals surface area contributed by atoms with Gasteiger partial charge in [0.2, 0.25) is 20.9 Å². The van der Waals surface area contributed by atoms with E-state index in [0.717, 1.165) is 36.3 Å². The molecule has 182 valence electrons. The first-order chi connectivity index (χ1) is 15.6. The van der Waals surface area contributed by atoms with Gasteiger partial charge < -0.3 is 14.2 Å². The van der Waals surface area contributed by atoms with E-state index in [-0.39, 0.29) is 34.8 Å². The molecule has 7 nitrogen and oxygen atoms in total. The number of amides is 1. The number of aromatic nitrogens is 2. The Hall–Kier alpha value is -2.19. The zero-order valence-corrected chi connectivity index (χ0v) is 21.3. The highest BCUT2D eigenvalue weighted by molar-refractivity contribution is 7.90. The first-order valence-electron chi connectivity index (χ1n) is 11.8. The second-order valence-corrected chi connectivity index (χ2v) is 11.7. The molecule has 0 saturated carbocycles. The topological polar surface area (TPSA) is 81.5 Å². The van der Waals surface area contributed by atoms with Crippen LogP contribution >= 0.6 is 0 Å². The van der Waals surface area contributed by atoms with Crippen LogP contribution < -0.4 is 0 Å². The minimum absolute atomic E-state index is 0.0266. The summed E-state index contributed by atoms with van der Waals surface area (Å²) < 4.78 is 34.3. The summed E-state index contributed by atoms with van der Waals surface area (Å²) in [6.07, 6.45) is 3.57. The van der Waals surface area contributed by atoms with E-state index in [1.165, 1.54) is 0 Å². The predicted octanol–water partition coefficient (Wildman–Crippen LogP) is 3.99. The molecule has 1 aromatic carbocycles. The normalized spacial score (nSPS) is 16.6. The van der Waals surface area contributed by atoms with Gasteiger partial charge >= 0.3 is 0 Å². The molecule has 0 aliphatic carbocycles. The third-order valence-corrected chi connectivity index (χ3v) is 7.37. The Labute approximate surface area is 198 Å². The van der Waals surface area contributed by atoms with Crippen molar-refractivity contribution < 1.29 is 17.9 Å². The van der Waals surface area contributed by atoms with Crippen molar-refractivity contribution >= 4 is 15.7 Å². The zero-order chi connectivity index (χ0) is 24.2. The molecule has 1 aliphatic heterocycles. The summed E-state index contributed by atoms with van der Waals surface area (Å²) in [7, 11) is -3.66. The number of carbonyl (C=O) groups is 1. The number of hydrogen-bond donors (Lipinski definition) is 0. The maximum atomic E-state index is 13.4. The van der Waals surface area contributed by atoms with E-state index in [1.807, 2.05) is 58.9 Å². The molecule has 1 amide bonds. The fourth-order valence-corrected chi connectivity index (χ4v) is 5.73. The van der Waals surface area contributed by atoms with Gasteiger partial charge in [-0.2, -0.15) is 0 Å². The molecule has 0 bridgehead atoms. The van der Waals surface area contributed by atoms with Crippen molar-refractivity contribution in [1.29, 1.82) is 0 Å². The van der Waals surface area contributed by atoms with E-state index >= 15 is 0 Å². The van der Waals surface area contributed by atoms with Gasteiger partial charge in [-0.25, -0.2) is 13.4 Å². The summed E-state index contributed by atoms with van der Waals surface area (Å²) in [6, 6.07) is 7.53. The summed E-state index contributed by atoms with van der Waals surface area (Å²) in [6.45, 7) is 11.9. The van der Waals surface area contributed by atoms with Crippen molar-refractivity contribution in [3.63, 3.8) is 0 Å². The molecule has 33 heavy (non-hydrogen) atoms. The highest BCUT2D eigenvalue weighted by Crippen LogP contribution is 2.22. The van der Waals surface area contributed by atoms with Crippen LogP contribution in [0, 0.1) is 18.8 Å². The number of aryl methyl sites for hydroxylation is 1. The maximum absolute atomic E-state index is 13.4. The van der Waals surface area contributed by atoms with Gasteiger partial charge in [0.1, 0.15) is 0 Å². The van der Waals surface area contributed by atoms with Crippen LogP contribution in [0.1, 0.15) is 57.4 Å². The number of hydrogen-bond acceptors (Lipinski definition) is 5. The summed E-state index contributed by atoms with van der Waals surface area (Å²) in [5.74, 6) is -0.00372. The van der Waals surface area contributed by atoms with Crippen molar-refractivity contribution in [2.24, 2.45) is 11.8 Å². The Morgan fingerprint density at radius 2 is 2.03 bits per heavy atom. The smallest absolute Gasteiger partial charge is 0.228 e. The molecular weight excluding hydrogens is 438 g/mol. The third kappa shape index (κ3) is 6.67.